The summed E-state index contributed by atoms with van der Waals surface area (Å²) in [6, 6.07) is 4.71. The molecule has 0 radical (unpaired) electrons. The largest absolute Gasteiger partial charge is 0.490 e. The van der Waals surface area contributed by atoms with Gasteiger partial charge in [0.05, 0.1) is 6.61 Å². The van der Waals surface area contributed by atoms with E-state index in [1.807, 2.05) is 0 Å². The van der Waals surface area contributed by atoms with Crippen molar-refractivity contribution in [3.05, 3.63) is 23.8 Å². The molecule has 2 N–H and O–H groups in total. The first-order valence-corrected chi connectivity index (χ1v) is 9.17. The van der Waals surface area contributed by atoms with Gasteiger partial charge in [0.2, 0.25) is 5.91 Å². The Kier molecular flexibility index (Phi) is 8.09. The number of piperidine rings is 1. The van der Waals surface area contributed by atoms with Crippen molar-refractivity contribution in [1.29, 1.82) is 0 Å². The van der Waals surface area contributed by atoms with E-state index >= 15 is 0 Å². The highest BCUT2D eigenvalue weighted by Gasteiger charge is 2.22. The first-order chi connectivity index (χ1) is 12.5. The number of carbonyl (C=O) groups is 1. The third kappa shape index (κ3) is 6.44. The molecule has 0 bridgehead atoms. The zero-order valence-electron chi connectivity index (χ0n) is 15.4. The van der Waals surface area contributed by atoms with Gasteiger partial charge in [0.1, 0.15) is 0 Å². The van der Waals surface area contributed by atoms with Crippen molar-refractivity contribution in [1.82, 2.24) is 10.6 Å². The van der Waals surface area contributed by atoms with Crippen LogP contribution in [-0.4, -0.2) is 32.2 Å². The third-order valence-electron chi connectivity index (χ3n) is 4.71. The lowest BCUT2D eigenvalue weighted by Gasteiger charge is -2.27. The Labute approximate surface area is 153 Å². The molecule has 1 saturated heterocycles. The summed E-state index contributed by atoms with van der Waals surface area (Å²) in [5.41, 5.74) is 0.776. The lowest BCUT2D eigenvalue weighted by atomic mass is 9.84. The van der Waals surface area contributed by atoms with Gasteiger partial charge in [-0.25, -0.2) is 0 Å². The fraction of sp³-hybridized carbons (Fsp3) is 0.632. The van der Waals surface area contributed by atoms with Crippen LogP contribution in [-0.2, 0) is 11.3 Å². The molecule has 1 aromatic rings. The molecule has 2 rings (SSSR count). The van der Waals surface area contributed by atoms with Crippen molar-refractivity contribution in [3.8, 4) is 11.5 Å². The number of alkyl halides is 2. The van der Waals surface area contributed by atoms with Crippen molar-refractivity contribution in [3.63, 3.8) is 0 Å². The molecular formula is C19H28F2N2O3. The number of nitrogens with one attached hydrogen (secondary N) is 2. The fourth-order valence-corrected chi connectivity index (χ4v) is 3.27. The zero-order valence-corrected chi connectivity index (χ0v) is 15.4. The molecule has 1 atom stereocenters. The third-order valence-corrected chi connectivity index (χ3v) is 4.71. The maximum Gasteiger partial charge on any atom is 0.387 e. The highest BCUT2D eigenvalue weighted by Crippen LogP contribution is 2.30. The van der Waals surface area contributed by atoms with E-state index < -0.39 is 6.61 Å². The second-order valence-corrected chi connectivity index (χ2v) is 6.64. The van der Waals surface area contributed by atoms with Crippen LogP contribution in [0.3, 0.4) is 0 Å². The molecule has 1 aliphatic heterocycles. The van der Waals surface area contributed by atoms with Crippen LogP contribution in [0.1, 0.15) is 38.7 Å². The van der Waals surface area contributed by atoms with Gasteiger partial charge in [0, 0.05) is 13.0 Å². The summed E-state index contributed by atoms with van der Waals surface area (Å²) in [7, 11) is 0. The average Bonchev–Trinajstić information content (AvgIpc) is 2.62. The summed E-state index contributed by atoms with van der Waals surface area (Å²) in [4.78, 5) is 12.2. The summed E-state index contributed by atoms with van der Waals surface area (Å²) >= 11 is 0. The number of halogens is 2. The van der Waals surface area contributed by atoms with Gasteiger partial charge in [-0.15, -0.1) is 0 Å². The Balaban J connectivity index is 1.87. The molecular weight excluding hydrogens is 342 g/mol. The van der Waals surface area contributed by atoms with Crippen molar-refractivity contribution >= 4 is 5.91 Å². The predicted molar refractivity (Wildman–Crippen MR) is 95.5 cm³/mol. The fourth-order valence-electron chi connectivity index (χ4n) is 3.27. The van der Waals surface area contributed by atoms with E-state index in [9.17, 15) is 13.6 Å². The van der Waals surface area contributed by atoms with Gasteiger partial charge >= 0.3 is 6.61 Å². The molecule has 1 aromatic carbocycles. The second-order valence-electron chi connectivity index (χ2n) is 6.64. The van der Waals surface area contributed by atoms with Gasteiger partial charge in [-0.05, 0) is 62.4 Å². The number of rotatable bonds is 9. The van der Waals surface area contributed by atoms with Crippen LogP contribution >= 0.6 is 0 Å². The minimum Gasteiger partial charge on any atom is -0.490 e. The predicted octanol–water partition coefficient (Wildman–Crippen LogP) is 3.33. The number of hydrogen-bond donors (Lipinski definition) is 2. The first kappa shape index (κ1) is 20.4. The van der Waals surface area contributed by atoms with Crippen molar-refractivity contribution in [2.24, 2.45) is 11.8 Å². The first-order valence-electron chi connectivity index (χ1n) is 9.17. The van der Waals surface area contributed by atoms with Crippen LogP contribution in [0.5, 0.6) is 11.5 Å². The Morgan fingerprint density at radius 3 is 2.69 bits per heavy atom. The van der Waals surface area contributed by atoms with E-state index in [-0.39, 0.29) is 17.4 Å². The number of benzene rings is 1. The molecule has 1 aliphatic rings. The number of ether oxygens (including phenoxy) is 2. The van der Waals surface area contributed by atoms with E-state index in [4.69, 9.17) is 4.74 Å². The molecule has 146 valence electrons. The van der Waals surface area contributed by atoms with Gasteiger partial charge < -0.3 is 20.1 Å². The van der Waals surface area contributed by atoms with Crippen molar-refractivity contribution < 1.29 is 23.0 Å². The maximum atomic E-state index is 12.4. The smallest absolute Gasteiger partial charge is 0.387 e. The number of amides is 1. The van der Waals surface area contributed by atoms with Crippen LogP contribution in [0.25, 0.3) is 0 Å². The van der Waals surface area contributed by atoms with Crippen LogP contribution < -0.4 is 20.1 Å². The standard InChI is InChI=1S/C19H28F2N2O3/c1-3-25-17-11-14(4-5-16(17)26-19(20)21)12-23-18(24)10-13(2)15-6-8-22-9-7-15/h4-5,11,13,15,19,22H,3,6-10,12H2,1-2H3,(H,23,24). The normalized spacial score (nSPS) is 16.3. The minimum absolute atomic E-state index is 0.00176. The zero-order chi connectivity index (χ0) is 18.9. The van der Waals surface area contributed by atoms with Crippen LogP contribution in [0, 0.1) is 11.8 Å². The monoisotopic (exact) mass is 370 g/mol. The molecule has 7 heteroatoms. The quantitative estimate of drug-likeness (QED) is 0.700. The summed E-state index contributed by atoms with van der Waals surface area (Å²) in [6.45, 7) is 3.68. The lowest BCUT2D eigenvalue weighted by molar-refractivity contribution is -0.122. The molecule has 0 spiro atoms. The average molecular weight is 370 g/mol. The van der Waals surface area contributed by atoms with Gasteiger partial charge in [-0.3, -0.25) is 4.79 Å². The SMILES string of the molecule is CCOc1cc(CNC(=O)CC(C)C2CCNCC2)ccc1OC(F)F. The summed E-state index contributed by atoms with van der Waals surface area (Å²) in [5, 5.41) is 6.23. The molecule has 5 nitrogen and oxygen atoms in total. The van der Waals surface area contributed by atoms with Gasteiger partial charge in [-0.1, -0.05) is 13.0 Å². The molecule has 1 fully saturated rings. The van der Waals surface area contributed by atoms with Gasteiger partial charge in [-0.2, -0.15) is 8.78 Å². The Bertz CT molecular complexity index is 578. The van der Waals surface area contributed by atoms with E-state index in [1.54, 1.807) is 19.1 Å². The summed E-state index contributed by atoms with van der Waals surface area (Å²) < 4.78 is 34.7. The maximum absolute atomic E-state index is 12.4. The minimum atomic E-state index is -2.91. The van der Waals surface area contributed by atoms with Crippen molar-refractivity contribution in [2.45, 2.75) is 46.3 Å². The van der Waals surface area contributed by atoms with Crippen LogP contribution in [0.2, 0.25) is 0 Å². The van der Waals surface area contributed by atoms with Crippen molar-refractivity contribution in [2.75, 3.05) is 19.7 Å². The number of hydrogen-bond acceptors (Lipinski definition) is 4. The summed E-state index contributed by atoms with van der Waals surface area (Å²) in [5.74, 6) is 1.18. The molecule has 1 amide bonds. The summed E-state index contributed by atoms with van der Waals surface area (Å²) in [6.07, 6.45) is 2.71. The van der Waals surface area contributed by atoms with Crippen LogP contribution in [0.15, 0.2) is 18.2 Å². The number of carbonyl (C=O) groups excluding carboxylic acids is 1. The molecule has 26 heavy (non-hydrogen) atoms. The van der Waals surface area contributed by atoms with Gasteiger partial charge in [0.15, 0.2) is 11.5 Å². The second kappa shape index (κ2) is 10.3. The van der Waals surface area contributed by atoms with Crippen LogP contribution in [0.4, 0.5) is 8.78 Å². The topological polar surface area (TPSA) is 59.6 Å². The molecule has 0 aromatic heterocycles. The van der Waals surface area contributed by atoms with E-state index in [1.165, 1.54) is 6.07 Å². The Morgan fingerprint density at radius 2 is 2.04 bits per heavy atom. The highest BCUT2D eigenvalue weighted by molar-refractivity contribution is 5.76. The van der Waals surface area contributed by atoms with E-state index in [0.29, 0.717) is 31.4 Å². The Morgan fingerprint density at radius 1 is 1.31 bits per heavy atom. The Hall–Kier alpha value is -1.89. The molecule has 1 heterocycles. The molecule has 0 saturated carbocycles. The molecule has 1 unspecified atom stereocenters. The van der Waals surface area contributed by atoms with Gasteiger partial charge in [0.25, 0.3) is 0 Å². The van der Waals surface area contributed by atoms with E-state index in [2.05, 4.69) is 22.3 Å². The lowest BCUT2D eigenvalue weighted by Crippen LogP contribution is -2.33. The van der Waals surface area contributed by atoms with E-state index in [0.717, 1.165) is 31.5 Å². The highest BCUT2D eigenvalue weighted by atomic mass is 19.3. The molecule has 0 aliphatic carbocycles.